The first kappa shape index (κ1) is 26.7. The van der Waals surface area contributed by atoms with Crippen molar-refractivity contribution in [2.45, 2.75) is 82.3 Å². The van der Waals surface area contributed by atoms with E-state index < -0.39 is 35.1 Å². The number of nitrogens with zero attached hydrogens (tertiary/aromatic N) is 2. The van der Waals surface area contributed by atoms with Gasteiger partial charge in [-0.05, 0) is 54.4 Å². The molecule has 6 rings (SSSR count). The lowest BCUT2D eigenvalue weighted by atomic mass is 9.69. The molecule has 1 aromatic carbocycles. The SMILES string of the molecule is CC1(C)Cc2nc(C3CCOCC3)c3c(c2C(O)C1)C1(CCOCC1)O[C@@H]3c1ccc(C(F)(F)F)c(C#N)c1. The summed E-state index contributed by atoms with van der Waals surface area (Å²) in [6.07, 6.45) is -2.05. The first-order valence-electron chi connectivity index (χ1n) is 13.7. The zero-order chi connectivity index (χ0) is 27.6. The van der Waals surface area contributed by atoms with Gasteiger partial charge in [0, 0.05) is 62.0 Å². The highest BCUT2D eigenvalue weighted by Crippen LogP contribution is 2.58. The van der Waals surface area contributed by atoms with Crippen LogP contribution in [-0.2, 0) is 32.4 Å². The molecule has 3 aliphatic heterocycles. The van der Waals surface area contributed by atoms with E-state index in [0.717, 1.165) is 53.4 Å². The minimum atomic E-state index is -4.63. The average molecular weight is 543 g/mol. The van der Waals surface area contributed by atoms with Crippen LogP contribution < -0.4 is 0 Å². The van der Waals surface area contributed by atoms with Crippen molar-refractivity contribution < 1.29 is 32.5 Å². The number of aliphatic hydroxyl groups is 1. The molecule has 0 amide bonds. The number of hydrogen-bond acceptors (Lipinski definition) is 6. The van der Waals surface area contributed by atoms with Gasteiger partial charge in [-0.25, -0.2) is 0 Å². The summed E-state index contributed by atoms with van der Waals surface area (Å²) >= 11 is 0. The zero-order valence-electron chi connectivity index (χ0n) is 22.2. The van der Waals surface area contributed by atoms with Gasteiger partial charge >= 0.3 is 6.18 Å². The molecule has 2 atom stereocenters. The van der Waals surface area contributed by atoms with Gasteiger partial charge in [0.15, 0.2) is 0 Å². The lowest BCUT2D eigenvalue weighted by Crippen LogP contribution is -2.37. The fraction of sp³-hybridized carbons (Fsp3) is 0.600. The van der Waals surface area contributed by atoms with Gasteiger partial charge in [-0.2, -0.15) is 18.4 Å². The molecule has 1 spiro atoms. The summed E-state index contributed by atoms with van der Waals surface area (Å²) in [5.74, 6) is 0.103. The Kier molecular flexibility index (Phi) is 6.54. The third-order valence-corrected chi connectivity index (χ3v) is 8.85. The van der Waals surface area contributed by atoms with Gasteiger partial charge in [-0.3, -0.25) is 4.98 Å². The van der Waals surface area contributed by atoms with E-state index in [4.69, 9.17) is 19.2 Å². The molecule has 39 heavy (non-hydrogen) atoms. The molecule has 2 fully saturated rings. The summed E-state index contributed by atoms with van der Waals surface area (Å²) in [4.78, 5) is 5.24. The molecule has 4 heterocycles. The van der Waals surface area contributed by atoms with E-state index in [-0.39, 0.29) is 11.3 Å². The Morgan fingerprint density at radius 3 is 2.41 bits per heavy atom. The fourth-order valence-corrected chi connectivity index (χ4v) is 7.08. The van der Waals surface area contributed by atoms with Crippen LogP contribution in [0.2, 0.25) is 0 Å². The molecule has 0 saturated carbocycles. The third-order valence-electron chi connectivity index (χ3n) is 8.85. The minimum Gasteiger partial charge on any atom is -0.388 e. The van der Waals surface area contributed by atoms with Crippen molar-refractivity contribution in [2.24, 2.45) is 5.41 Å². The van der Waals surface area contributed by atoms with Gasteiger partial charge in [-0.1, -0.05) is 19.9 Å². The molecular formula is C30H33F3N2O4. The number of pyridine rings is 1. The maximum atomic E-state index is 13.6. The molecule has 1 aliphatic carbocycles. The van der Waals surface area contributed by atoms with Crippen LogP contribution in [0.5, 0.6) is 0 Å². The lowest BCUT2D eigenvalue weighted by molar-refractivity contribution is -0.138. The maximum absolute atomic E-state index is 13.6. The van der Waals surface area contributed by atoms with E-state index >= 15 is 0 Å². The Labute approximate surface area is 226 Å². The van der Waals surface area contributed by atoms with Crippen LogP contribution >= 0.6 is 0 Å². The van der Waals surface area contributed by atoms with E-state index in [1.165, 1.54) is 12.1 Å². The van der Waals surface area contributed by atoms with E-state index in [9.17, 15) is 23.5 Å². The average Bonchev–Trinajstić information content (AvgIpc) is 3.21. The van der Waals surface area contributed by atoms with Crippen LogP contribution in [0.25, 0.3) is 0 Å². The first-order valence-corrected chi connectivity index (χ1v) is 13.7. The topological polar surface area (TPSA) is 84.6 Å². The van der Waals surface area contributed by atoms with Gasteiger partial charge in [0.05, 0.1) is 34.6 Å². The summed E-state index contributed by atoms with van der Waals surface area (Å²) < 4.78 is 59.1. The second-order valence-electron chi connectivity index (χ2n) is 12.1. The summed E-state index contributed by atoms with van der Waals surface area (Å²) in [5.41, 5.74) is 2.62. The highest BCUT2D eigenvalue weighted by Gasteiger charge is 2.53. The Morgan fingerprint density at radius 1 is 1.05 bits per heavy atom. The summed E-state index contributed by atoms with van der Waals surface area (Å²) in [7, 11) is 0. The normalized spacial score (nSPS) is 26.2. The number of aliphatic hydroxyl groups excluding tert-OH is 1. The van der Waals surface area contributed by atoms with Crippen LogP contribution in [0.3, 0.4) is 0 Å². The standard InChI is InChI=1S/C30H33F3N2O4/c1-28(2)14-21-23(22(36)15-28)25-24(26(35-21)17-5-9-37-10-6-17)27(39-29(25)7-11-38-12-8-29)18-3-4-20(30(31,32)33)19(13-18)16-34/h3-4,13,17,22,27,36H,5-12,14-15H2,1-2H3/t22?,27-/m1/s1. The van der Waals surface area contributed by atoms with Crippen molar-refractivity contribution in [2.75, 3.05) is 26.4 Å². The van der Waals surface area contributed by atoms with Crippen molar-refractivity contribution in [1.29, 1.82) is 5.26 Å². The van der Waals surface area contributed by atoms with Crippen LogP contribution in [-0.4, -0.2) is 36.5 Å². The second-order valence-corrected chi connectivity index (χ2v) is 12.1. The highest BCUT2D eigenvalue weighted by atomic mass is 19.4. The van der Waals surface area contributed by atoms with Crippen molar-refractivity contribution in [3.63, 3.8) is 0 Å². The van der Waals surface area contributed by atoms with Crippen LogP contribution in [0.4, 0.5) is 13.2 Å². The quantitative estimate of drug-likeness (QED) is 0.501. The van der Waals surface area contributed by atoms with E-state index in [1.807, 2.05) is 0 Å². The molecule has 2 saturated heterocycles. The Bertz CT molecular complexity index is 1320. The first-order chi connectivity index (χ1) is 18.5. The van der Waals surface area contributed by atoms with Gasteiger partial charge in [0.1, 0.15) is 6.10 Å². The Morgan fingerprint density at radius 2 is 1.74 bits per heavy atom. The third kappa shape index (κ3) is 4.55. The van der Waals surface area contributed by atoms with Gasteiger partial charge < -0.3 is 19.3 Å². The molecule has 0 radical (unpaired) electrons. The molecule has 2 aromatic rings. The molecule has 1 N–H and O–H groups in total. The molecule has 1 aromatic heterocycles. The number of halogens is 3. The zero-order valence-corrected chi connectivity index (χ0v) is 22.2. The summed E-state index contributed by atoms with van der Waals surface area (Å²) in [6, 6.07) is 5.44. The summed E-state index contributed by atoms with van der Waals surface area (Å²) in [6.45, 7) is 6.45. The fourth-order valence-electron chi connectivity index (χ4n) is 7.08. The molecule has 9 heteroatoms. The van der Waals surface area contributed by atoms with Crippen LogP contribution in [0, 0.1) is 16.7 Å². The van der Waals surface area contributed by atoms with Crippen LogP contribution in [0.1, 0.15) is 109 Å². The van der Waals surface area contributed by atoms with E-state index in [1.54, 1.807) is 6.07 Å². The minimum absolute atomic E-state index is 0.103. The predicted octanol–water partition coefficient (Wildman–Crippen LogP) is 6.00. The largest absolute Gasteiger partial charge is 0.417 e. The number of nitriles is 1. The van der Waals surface area contributed by atoms with E-state index in [2.05, 4.69) is 13.8 Å². The molecule has 1 unspecified atom stereocenters. The maximum Gasteiger partial charge on any atom is 0.417 e. The number of benzene rings is 1. The molecule has 0 bridgehead atoms. The molecule has 4 aliphatic rings. The number of rotatable bonds is 2. The number of alkyl halides is 3. The second kappa shape index (κ2) is 9.55. The van der Waals surface area contributed by atoms with Gasteiger partial charge in [0.25, 0.3) is 0 Å². The van der Waals surface area contributed by atoms with Crippen LogP contribution in [0.15, 0.2) is 18.2 Å². The van der Waals surface area contributed by atoms with E-state index in [0.29, 0.717) is 51.3 Å². The van der Waals surface area contributed by atoms with Crippen molar-refractivity contribution in [3.8, 4) is 6.07 Å². The summed E-state index contributed by atoms with van der Waals surface area (Å²) in [5, 5.41) is 21.1. The van der Waals surface area contributed by atoms with Gasteiger partial charge in [-0.15, -0.1) is 0 Å². The van der Waals surface area contributed by atoms with Crippen molar-refractivity contribution in [1.82, 2.24) is 4.98 Å². The van der Waals surface area contributed by atoms with Gasteiger partial charge in [0.2, 0.25) is 0 Å². The Balaban J connectivity index is 1.61. The van der Waals surface area contributed by atoms with Crippen molar-refractivity contribution >= 4 is 0 Å². The highest BCUT2D eigenvalue weighted by molar-refractivity contribution is 5.55. The molecule has 208 valence electrons. The smallest absolute Gasteiger partial charge is 0.388 e. The molecular weight excluding hydrogens is 509 g/mol. The van der Waals surface area contributed by atoms with Crippen molar-refractivity contribution in [3.05, 3.63) is 63.0 Å². The predicted molar refractivity (Wildman–Crippen MR) is 135 cm³/mol. The number of hydrogen-bond donors (Lipinski definition) is 1. The lowest BCUT2D eigenvalue weighted by Gasteiger charge is -2.40. The number of ether oxygens (including phenoxy) is 3. The number of aromatic nitrogens is 1. The Hall–Kier alpha value is -2.51. The number of fused-ring (bicyclic) bond motifs is 4. The monoisotopic (exact) mass is 542 g/mol. The molecule has 6 nitrogen and oxygen atoms in total.